The molecular formula is C22H26N4O2. The molecule has 1 aromatic heterocycles. The zero-order chi connectivity index (χ0) is 20.1. The molecule has 28 heavy (non-hydrogen) atoms. The highest BCUT2D eigenvalue weighted by Crippen LogP contribution is 2.37. The fourth-order valence-corrected chi connectivity index (χ4v) is 2.94. The van der Waals surface area contributed by atoms with Gasteiger partial charge in [-0.2, -0.15) is 4.98 Å². The molecule has 0 saturated carbocycles. The average molecular weight is 378 g/mol. The monoisotopic (exact) mass is 378 g/mol. The van der Waals surface area contributed by atoms with Gasteiger partial charge in [-0.05, 0) is 35.6 Å². The lowest BCUT2D eigenvalue weighted by Crippen LogP contribution is -2.07. The topological polar surface area (TPSA) is 82.3 Å². The van der Waals surface area contributed by atoms with Crippen LogP contribution in [0.2, 0.25) is 0 Å². The van der Waals surface area contributed by atoms with Crippen molar-refractivity contribution >= 4 is 11.8 Å². The van der Waals surface area contributed by atoms with Crippen LogP contribution in [0.4, 0.5) is 11.8 Å². The SMILES string of the molecule is COc1cc(Oc2cnc(N)nc2NCc2ccccc2)c(C(C)C)cc1C. The molecular weight excluding hydrogens is 352 g/mol. The molecule has 0 aliphatic heterocycles. The first-order valence-electron chi connectivity index (χ1n) is 9.24. The van der Waals surface area contributed by atoms with Crippen molar-refractivity contribution in [3.05, 3.63) is 65.4 Å². The van der Waals surface area contributed by atoms with Gasteiger partial charge in [0.05, 0.1) is 13.3 Å². The van der Waals surface area contributed by atoms with Crippen molar-refractivity contribution in [3.63, 3.8) is 0 Å². The predicted octanol–water partition coefficient (Wildman–Crippen LogP) is 4.90. The van der Waals surface area contributed by atoms with E-state index in [1.807, 2.05) is 43.3 Å². The number of nitrogens with one attached hydrogen (secondary N) is 1. The number of aromatic nitrogens is 2. The molecule has 146 valence electrons. The van der Waals surface area contributed by atoms with Gasteiger partial charge in [0.15, 0.2) is 11.6 Å². The normalized spacial score (nSPS) is 10.8. The fraction of sp³-hybridized carbons (Fsp3) is 0.273. The molecule has 0 amide bonds. The van der Waals surface area contributed by atoms with E-state index in [2.05, 4.69) is 35.2 Å². The lowest BCUT2D eigenvalue weighted by Gasteiger charge is -2.18. The van der Waals surface area contributed by atoms with E-state index in [4.69, 9.17) is 15.2 Å². The van der Waals surface area contributed by atoms with Crippen molar-refractivity contribution in [1.29, 1.82) is 0 Å². The summed E-state index contributed by atoms with van der Waals surface area (Å²) in [5, 5.41) is 3.29. The van der Waals surface area contributed by atoms with E-state index in [9.17, 15) is 0 Å². The fourth-order valence-electron chi connectivity index (χ4n) is 2.94. The summed E-state index contributed by atoms with van der Waals surface area (Å²) in [5.74, 6) is 3.02. The van der Waals surface area contributed by atoms with E-state index in [1.165, 1.54) is 0 Å². The number of nitrogen functional groups attached to an aromatic ring is 1. The molecule has 3 aromatic rings. The number of rotatable bonds is 7. The summed E-state index contributed by atoms with van der Waals surface area (Å²) in [6.07, 6.45) is 1.59. The molecule has 6 nitrogen and oxygen atoms in total. The van der Waals surface area contributed by atoms with Gasteiger partial charge < -0.3 is 20.5 Å². The van der Waals surface area contributed by atoms with Crippen LogP contribution in [-0.2, 0) is 6.54 Å². The molecule has 1 heterocycles. The van der Waals surface area contributed by atoms with E-state index in [1.54, 1.807) is 13.3 Å². The zero-order valence-corrected chi connectivity index (χ0v) is 16.7. The molecule has 0 spiro atoms. The minimum Gasteiger partial charge on any atom is -0.496 e. The third-order valence-electron chi connectivity index (χ3n) is 4.45. The minimum atomic E-state index is 0.188. The zero-order valence-electron chi connectivity index (χ0n) is 16.7. The van der Waals surface area contributed by atoms with Crippen LogP contribution in [-0.4, -0.2) is 17.1 Å². The lowest BCUT2D eigenvalue weighted by atomic mass is 9.99. The van der Waals surface area contributed by atoms with Crippen LogP contribution in [0.15, 0.2) is 48.7 Å². The quantitative estimate of drug-likeness (QED) is 0.608. The lowest BCUT2D eigenvalue weighted by molar-refractivity contribution is 0.404. The number of hydrogen-bond donors (Lipinski definition) is 2. The molecule has 0 aliphatic carbocycles. The summed E-state index contributed by atoms with van der Waals surface area (Å²) in [5.41, 5.74) is 9.08. The second-order valence-electron chi connectivity index (χ2n) is 6.90. The van der Waals surface area contributed by atoms with Gasteiger partial charge in [-0.15, -0.1) is 0 Å². The second kappa shape index (κ2) is 8.61. The molecule has 3 N–H and O–H groups in total. The predicted molar refractivity (Wildman–Crippen MR) is 112 cm³/mol. The number of nitrogens with zero attached hydrogens (tertiary/aromatic N) is 2. The minimum absolute atomic E-state index is 0.188. The number of nitrogens with two attached hydrogens (primary N) is 1. The Morgan fingerprint density at radius 3 is 2.50 bits per heavy atom. The Hall–Kier alpha value is -3.28. The van der Waals surface area contributed by atoms with Gasteiger partial charge >= 0.3 is 0 Å². The van der Waals surface area contributed by atoms with Crippen LogP contribution in [0.25, 0.3) is 0 Å². The van der Waals surface area contributed by atoms with Crippen molar-refractivity contribution in [2.75, 3.05) is 18.2 Å². The maximum atomic E-state index is 6.22. The molecule has 2 aromatic carbocycles. The summed E-state index contributed by atoms with van der Waals surface area (Å²) < 4.78 is 11.7. The highest BCUT2D eigenvalue weighted by Gasteiger charge is 2.16. The van der Waals surface area contributed by atoms with Crippen LogP contribution in [0.3, 0.4) is 0 Å². The van der Waals surface area contributed by atoms with E-state index in [0.717, 1.165) is 22.4 Å². The molecule has 3 rings (SSSR count). The Morgan fingerprint density at radius 2 is 1.82 bits per heavy atom. The van der Waals surface area contributed by atoms with Crippen molar-refractivity contribution in [1.82, 2.24) is 9.97 Å². The summed E-state index contributed by atoms with van der Waals surface area (Å²) in [7, 11) is 1.65. The largest absolute Gasteiger partial charge is 0.496 e. The molecule has 6 heteroatoms. The Kier molecular flexibility index (Phi) is 5.99. The molecule has 0 bridgehead atoms. The van der Waals surface area contributed by atoms with Crippen molar-refractivity contribution < 1.29 is 9.47 Å². The van der Waals surface area contributed by atoms with Crippen molar-refractivity contribution in [3.8, 4) is 17.2 Å². The molecule has 0 atom stereocenters. The summed E-state index contributed by atoms with van der Waals surface area (Å²) in [6, 6.07) is 14.1. The molecule has 0 aliphatic rings. The number of hydrogen-bond acceptors (Lipinski definition) is 6. The van der Waals surface area contributed by atoms with Gasteiger partial charge in [0.1, 0.15) is 11.5 Å². The number of anilines is 2. The van der Waals surface area contributed by atoms with Crippen LogP contribution >= 0.6 is 0 Å². The maximum Gasteiger partial charge on any atom is 0.222 e. The number of benzene rings is 2. The Labute approximate surface area is 165 Å². The Bertz CT molecular complexity index is 943. The summed E-state index contributed by atoms with van der Waals surface area (Å²) in [4.78, 5) is 8.41. The third kappa shape index (κ3) is 4.52. The van der Waals surface area contributed by atoms with Crippen molar-refractivity contribution in [2.24, 2.45) is 0 Å². The van der Waals surface area contributed by atoms with Gasteiger partial charge in [0.25, 0.3) is 0 Å². The van der Waals surface area contributed by atoms with Gasteiger partial charge in [0, 0.05) is 12.6 Å². The van der Waals surface area contributed by atoms with E-state index >= 15 is 0 Å². The highest BCUT2D eigenvalue weighted by molar-refractivity contribution is 5.55. The van der Waals surface area contributed by atoms with Gasteiger partial charge in [0.2, 0.25) is 5.95 Å². The number of aryl methyl sites for hydroxylation is 1. The molecule has 0 saturated heterocycles. The third-order valence-corrected chi connectivity index (χ3v) is 4.45. The van der Waals surface area contributed by atoms with Gasteiger partial charge in [-0.1, -0.05) is 44.2 Å². The highest BCUT2D eigenvalue weighted by atomic mass is 16.5. The average Bonchev–Trinajstić information content (AvgIpc) is 2.69. The van der Waals surface area contributed by atoms with Gasteiger partial charge in [-0.25, -0.2) is 4.98 Å². The summed E-state index contributed by atoms with van der Waals surface area (Å²) >= 11 is 0. The molecule has 0 unspecified atom stereocenters. The Balaban J connectivity index is 1.92. The first-order chi connectivity index (χ1) is 13.5. The standard InChI is InChI=1S/C22H26N4O2/c1-14(2)17-10-15(3)18(27-4)11-19(17)28-20-13-25-22(23)26-21(20)24-12-16-8-6-5-7-9-16/h5-11,13-14H,12H2,1-4H3,(H3,23,24,25,26). The number of ether oxygens (including phenoxy) is 2. The van der Waals surface area contributed by atoms with E-state index in [-0.39, 0.29) is 11.9 Å². The van der Waals surface area contributed by atoms with Gasteiger partial charge in [-0.3, -0.25) is 0 Å². The second-order valence-corrected chi connectivity index (χ2v) is 6.90. The van der Waals surface area contributed by atoms with Crippen LogP contribution in [0, 0.1) is 6.92 Å². The van der Waals surface area contributed by atoms with E-state index in [0.29, 0.717) is 23.9 Å². The molecule has 0 radical (unpaired) electrons. The smallest absolute Gasteiger partial charge is 0.222 e. The van der Waals surface area contributed by atoms with Crippen LogP contribution in [0.5, 0.6) is 17.2 Å². The summed E-state index contributed by atoms with van der Waals surface area (Å²) in [6.45, 7) is 6.87. The molecule has 0 fully saturated rings. The number of methoxy groups -OCH3 is 1. The van der Waals surface area contributed by atoms with Crippen LogP contribution < -0.4 is 20.5 Å². The maximum absolute atomic E-state index is 6.22. The van der Waals surface area contributed by atoms with Crippen molar-refractivity contribution in [2.45, 2.75) is 33.2 Å². The van der Waals surface area contributed by atoms with Crippen LogP contribution in [0.1, 0.15) is 36.5 Å². The Morgan fingerprint density at radius 1 is 1.07 bits per heavy atom. The first kappa shape index (κ1) is 19.5. The van der Waals surface area contributed by atoms with E-state index < -0.39 is 0 Å². The first-order valence-corrected chi connectivity index (χ1v) is 9.24.